The first-order valence-electron chi connectivity index (χ1n) is 12.0. The summed E-state index contributed by atoms with van der Waals surface area (Å²) in [6.07, 6.45) is 2.12. The summed E-state index contributed by atoms with van der Waals surface area (Å²) in [5, 5.41) is 0.411. The summed E-state index contributed by atoms with van der Waals surface area (Å²) >= 11 is 0. The van der Waals surface area contributed by atoms with Crippen LogP contribution in [0.25, 0.3) is 22.4 Å². The molecule has 0 bridgehead atoms. The molecule has 1 nitrogen and oxygen atoms in total. The van der Waals surface area contributed by atoms with Gasteiger partial charge in [-0.15, -0.1) is 0 Å². The zero-order valence-corrected chi connectivity index (χ0v) is 16.6. The highest BCUT2D eigenvalue weighted by Crippen LogP contribution is 2.26. The molecule has 0 aliphatic carbocycles. The number of rotatable bonds is 5. The molecule has 0 aliphatic heterocycles. The molecular weight excluding hydrogens is 330 g/mol. The first kappa shape index (κ1) is 12.2. The van der Waals surface area contributed by atoms with E-state index in [1.165, 1.54) is 12.7 Å². The van der Waals surface area contributed by atoms with Gasteiger partial charge in [0.15, 0.2) is 0 Å². The number of nitrogens with zero attached hydrogens (tertiary/aromatic N) is 1. The van der Waals surface area contributed by atoms with Gasteiger partial charge in [0.2, 0.25) is 0 Å². The van der Waals surface area contributed by atoms with Crippen molar-refractivity contribution in [1.29, 1.82) is 0 Å². The number of benzene rings is 2. The largest absolute Gasteiger partial charge is 0.256 e. The Balaban J connectivity index is 2.16. The minimum atomic E-state index is -3.89. The standard InChI is InChI=1S/C24H29NSi/c1-18(2)14-22-16-23(25-17-24(22)26(3,4)5)21-13-9-12-20(15-21)19-10-7-6-8-11-19/h6-13,15-18H,14H2,1-5H3/i3D3,4D3. The molecule has 0 amide bonds. The lowest BCUT2D eigenvalue weighted by molar-refractivity contribution is 0.649. The second-order valence-electron chi connectivity index (χ2n) is 7.40. The fraction of sp³-hybridized carbons (Fsp3) is 0.292. The maximum atomic E-state index is 8.11. The Labute approximate surface area is 167 Å². The number of aromatic nitrogens is 1. The Bertz CT molecular complexity index is 1060. The molecule has 0 spiro atoms. The van der Waals surface area contributed by atoms with Gasteiger partial charge in [-0.2, -0.15) is 0 Å². The van der Waals surface area contributed by atoms with E-state index >= 15 is 0 Å². The first-order chi connectivity index (χ1) is 14.8. The molecule has 1 aromatic heterocycles. The summed E-state index contributed by atoms with van der Waals surface area (Å²) in [7, 11) is -3.89. The second-order valence-corrected chi connectivity index (χ2v) is 10.2. The van der Waals surface area contributed by atoms with Crippen molar-refractivity contribution < 1.29 is 8.22 Å². The molecule has 0 saturated heterocycles. The average molecular weight is 366 g/mol. The average Bonchev–Trinajstić information content (AvgIpc) is 2.72. The lowest BCUT2D eigenvalue weighted by Gasteiger charge is -2.22. The van der Waals surface area contributed by atoms with E-state index in [2.05, 4.69) is 11.1 Å². The van der Waals surface area contributed by atoms with Crippen LogP contribution in [0, 0.1) is 5.92 Å². The van der Waals surface area contributed by atoms with E-state index in [4.69, 9.17) is 8.22 Å². The lowest BCUT2D eigenvalue weighted by Crippen LogP contribution is -2.40. The Morgan fingerprint density at radius 1 is 0.923 bits per heavy atom. The Hall–Kier alpha value is -2.19. The Morgan fingerprint density at radius 2 is 1.62 bits per heavy atom. The molecule has 0 saturated carbocycles. The SMILES string of the molecule is [2H]C([2H])([2H])[Si](C)(c1cnc(-c2cccc(-c3ccccc3)c2)cc1CC(C)C)C([2H])([2H])[2H]. The van der Waals surface area contributed by atoms with E-state index in [-0.39, 0.29) is 5.92 Å². The predicted octanol–water partition coefficient (Wildman–Crippen LogP) is 6.16. The van der Waals surface area contributed by atoms with Crippen LogP contribution in [0.15, 0.2) is 66.9 Å². The molecular formula is C24H29NSi. The molecule has 0 radical (unpaired) electrons. The topological polar surface area (TPSA) is 12.9 Å². The summed E-state index contributed by atoms with van der Waals surface area (Å²) in [4.78, 5) is 4.58. The molecule has 2 aromatic carbocycles. The van der Waals surface area contributed by atoms with Crippen molar-refractivity contribution in [2.45, 2.75) is 39.8 Å². The van der Waals surface area contributed by atoms with Gasteiger partial charge in [-0.1, -0.05) is 81.9 Å². The van der Waals surface area contributed by atoms with E-state index in [0.717, 1.165) is 27.9 Å². The number of hydrogen-bond acceptors (Lipinski definition) is 1. The third-order valence-corrected chi connectivity index (χ3v) is 5.95. The van der Waals surface area contributed by atoms with Crippen LogP contribution in [-0.4, -0.2) is 13.1 Å². The fourth-order valence-electron chi connectivity index (χ4n) is 3.20. The van der Waals surface area contributed by atoms with Crippen LogP contribution >= 0.6 is 0 Å². The molecule has 3 aromatic rings. The van der Waals surface area contributed by atoms with Crippen LogP contribution in [-0.2, 0) is 6.42 Å². The van der Waals surface area contributed by atoms with Crippen molar-refractivity contribution in [3.8, 4) is 22.4 Å². The monoisotopic (exact) mass is 365 g/mol. The normalized spacial score (nSPS) is 16.2. The molecule has 0 N–H and O–H groups in total. The number of hydrogen-bond donors (Lipinski definition) is 0. The van der Waals surface area contributed by atoms with Gasteiger partial charge in [-0.05, 0) is 46.3 Å². The molecule has 26 heavy (non-hydrogen) atoms. The van der Waals surface area contributed by atoms with E-state index in [9.17, 15) is 0 Å². The molecule has 0 aliphatic rings. The van der Waals surface area contributed by atoms with Crippen molar-refractivity contribution in [2.75, 3.05) is 0 Å². The van der Waals surface area contributed by atoms with Gasteiger partial charge >= 0.3 is 0 Å². The smallest absolute Gasteiger partial charge is 0.0799 e. The quantitative estimate of drug-likeness (QED) is 0.493. The zero-order valence-electron chi connectivity index (χ0n) is 21.6. The highest BCUT2D eigenvalue weighted by molar-refractivity contribution is 6.89. The maximum absolute atomic E-state index is 8.11. The van der Waals surface area contributed by atoms with Crippen LogP contribution < -0.4 is 5.19 Å². The van der Waals surface area contributed by atoms with E-state index in [1.54, 1.807) is 0 Å². The van der Waals surface area contributed by atoms with Crippen LogP contribution in [0.3, 0.4) is 0 Å². The van der Waals surface area contributed by atoms with Gasteiger partial charge in [0, 0.05) is 20.0 Å². The molecule has 0 fully saturated rings. The van der Waals surface area contributed by atoms with Crippen LogP contribution in [0.4, 0.5) is 0 Å². The summed E-state index contributed by atoms with van der Waals surface area (Å²) in [6.45, 7) is 0.400. The maximum Gasteiger partial charge on any atom is 0.0799 e. The third kappa shape index (κ3) is 4.31. The van der Waals surface area contributed by atoms with Gasteiger partial charge in [-0.25, -0.2) is 0 Å². The molecule has 3 rings (SSSR count). The lowest BCUT2D eigenvalue weighted by atomic mass is 9.99. The minimum Gasteiger partial charge on any atom is -0.256 e. The van der Waals surface area contributed by atoms with Gasteiger partial charge in [0.1, 0.15) is 0 Å². The molecule has 134 valence electrons. The van der Waals surface area contributed by atoms with Crippen LogP contribution in [0.2, 0.25) is 19.5 Å². The summed E-state index contributed by atoms with van der Waals surface area (Å²) in [6, 6.07) is 20.0. The Morgan fingerprint density at radius 3 is 2.31 bits per heavy atom. The minimum absolute atomic E-state index is 0.242. The molecule has 2 heteroatoms. The van der Waals surface area contributed by atoms with Crippen molar-refractivity contribution in [1.82, 2.24) is 4.98 Å². The van der Waals surface area contributed by atoms with Crippen LogP contribution in [0.5, 0.6) is 0 Å². The third-order valence-electron chi connectivity index (χ3n) is 4.42. The highest BCUT2D eigenvalue weighted by Gasteiger charge is 2.21. The molecule has 0 atom stereocenters. The van der Waals surface area contributed by atoms with Crippen molar-refractivity contribution in [3.63, 3.8) is 0 Å². The summed E-state index contributed by atoms with van der Waals surface area (Å²) in [5.41, 5.74) is 4.56. The van der Waals surface area contributed by atoms with Crippen molar-refractivity contribution >= 4 is 13.3 Å². The summed E-state index contributed by atoms with van der Waals surface area (Å²) in [5.74, 6) is 0.242. The van der Waals surface area contributed by atoms with Gasteiger partial charge in [0.25, 0.3) is 0 Å². The van der Waals surface area contributed by atoms with Crippen LogP contribution in [0.1, 0.15) is 27.6 Å². The fourth-order valence-corrected chi connectivity index (χ4v) is 4.34. The number of pyridine rings is 1. The van der Waals surface area contributed by atoms with E-state index in [1.807, 2.05) is 68.4 Å². The van der Waals surface area contributed by atoms with Crippen molar-refractivity contribution in [2.24, 2.45) is 5.92 Å². The first-order valence-corrected chi connectivity index (χ1v) is 11.5. The molecule has 0 unspecified atom stereocenters. The zero-order chi connectivity index (χ0) is 23.7. The molecule has 1 heterocycles. The highest BCUT2D eigenvalue weighted by atomic mass is 28.3. The van der Waals surface area contributed by atoms with E-state index in [0.29, 0.717) is 11.6 Å². The van der Waals surface area contributed by atoms with E-state index < -0.39 is 21.0 Å². The predicted molar refractivity (Wildman–Crippen MR) is 117 cm³/mol. The van der Waals surface area contributed by atoms with Gasteiger partial charge < -0.3 is 0 Å². The second kappa shape index (κ2) is 7.59. The van der Waals surface area contributed by atoms with Crippen molar-refractivity contribution in [3.05, 3.63) is 72.4 Å². The van der Waals surface area contributed by atoms with Gasteiger partial charge in [-0.3, -0.25) is 4.98 Å². The summed E-state index contributed by atoms with van der Waals surface area (Å²) < 4.78 is 48.6. The van der Waals surface area contributed by atoms with Gasteiger partial charge in [0.05, 0.1) is 13.8 Å². The Kier molecular flexibility index (Phi) is 3.57.